The average Bonchev–Trinajstić information content (AvgIpc) is 3.32. The molecular weight excluding hydrogens is 360 g/mol. The summed E-state index contributed by atoms with van der Waals surface area (Å²) in [4.78, 5) is 32.1. The summed E-state index contributed by atoms with van der Waals surface area (Å²) in [5.41, 5.74) is 2.52. The molecule has 0 unspecified atom stereocenters. The molecule has 1 atom stereocenters. The maximum absolute atomic E-state index is 12.4. The Morgan fingerprint density at radius 3 is 2.74 bits per heavy atom. The number of hydrogen-bond acceptors (Lipinski definition) is 4. The number of H-pyrrole nitrogens is 1. The molecule has 1 aromatic carbocycles. The molecule has 0 radical (unpaired) electrons. The number of nitrogens with zero attached hydrogens (tertiary/aromatic N) is 1. The highest BCUT2D eigenvalue weighted by molar-refractivity contribution is 7.08. The van der Waals surface area contributed by atoms with Crippen molar-refractivity contribution in [2.24, 2.45) is 5.92 Å². The van der Waals surface area contributed by atoms with Gasteiger partial charge in [0.25, 0.3) is 5.91 Å². The van der Waals surface area contributed by atoms with E-state index in [2.05, 4.69) is 34.4 Å². The van der Waals surface area contributed by atoms with Crippen molar-refractivity contribution >= 4 is 34.2 Å². The van der Waals surface area contributed by atoms with Gasteiger partial charge < -0.3 is 15.6 Å². The smallest absolute Gasteiger partial charge is 0.252 e. The zero-order chi connectivity index (χ0) is 19.2. The molecule has 0 saturated heterocycles. The molecule has 0 spiro atoms. The van der Waals surface area contributed by atoms with Gasteiger partial charge in [0.15, 0.2) is 0 Å². The van der Waals surface area contributed by atoms with E-state index in [-0.39, 0.29) is 23.8 Å². The van der Waals surface area contributed by atoms with E-state index in [0.29, 0.717) is 24.9 Å². The van der Waals surface area contributed by atoms with Gasteiger partial charge >= 0.3 is 0 Å². The predicted molar refractivity (Wildman–Crippen MR) is 108 cm³/mol. The van der Waals surface area contributed by atoms with Gasteiger partial charge in [-0.15, -0.1) is 0 Å². The van der Waals surface area contributed by atoms with Crippen molar-refractivity contribution in [1.29, 1.82) is 0 Å². The molecule has 3 N–H and O–H groups in total. The highest BCUT2D eigenvalue weighted by Crippen LogP contribution is 2.22. The Balaban J connectivity index is 1.50. The Kier molecular flexibility index (Phi) is 6.24. The number of rotatable bonds is 8. The first-order chi connectivity index (χ1) is 13.0. The van der Waals surface area contributed by atoms with Crippen LogP contribution in [0, 0.1) is 5.92 Å². The second kappa shape index (κ2) is 8.81. The standard InChI is InChI=1S/C20H24N4O2S/c1-13(2)18(19-22-15-6-3-4-7-16(15)23-19)24-17(25)8-5-10-21-20(26)14-9-11-27-12-14/h3-4,6-7,9,11-13,18H,5,8,10H2,1-2H3,(H,21,26)(H,22,23)(H,24,25)/t18-/m1/s1. The molecule has 0 fully saturated rings. The highest BCUT2D eigenvalue weighted by atomic mass is 32.1. The van der Waals surface area contributed by atoms with E-state index < -0.39 is 0 Å². The normalized spacial score (nSPS) is 12.3. The lowest BCUT2D eigenvalue weighted by Crippen LogP contribution is -2.33. The van der Waals surface area contributed by atoms with Gasteiger partial charge in [-0.3, -0.25) is 9.59 Å². The molecule has 27 heavy (non-hydrogen) atoms. The topological polar surface area (TPSA) is 86.9 Å². The minimum atomic E-state index is -0.176. The average molecular weight is 385 g/mol. The van der Waals surface area contributed by atoms with Crippen LogP contribution in [-0.2, 0) is 4.79 Å². The van der Waals surface area contributed by atoms with Crippen molar-refractivity contribution in [2.45, 2.75) is 32.7 Å². The molecule has 3 aromatic rings. The minimum Gasteiger partial charge on any atom is -0.352 e. The van der Waals surface area contributed by atoms with Gasteiger partial charge in [0.1, 0.15) is 5.82 Å². The number of nitrogens with one attached hydrogen (secondary N) is 3. The van der Waals surface area contributed by atoms with Crippen molar-refractivity contribution in [2.75, 3.05) is 6.54 Å². The number of fused-ring (bicyclic) bond motifs is 1. The number of imidazole rings is 1. The van der Waals surface area contributed by atoms with Crippen molar-refractivity contribution < 1.29 is 9.59 Å². The number of para-hydroxylation sites is 2. The van der Waals surface area contributed by atoms with Crippen molar-refractivity contribution in [1.82, 2.24) is 20.6 Å². The van der Waals surface area contributed by atoms with Gasteiger partial charge in [0.2, 0.25) is 5.91 Å². The first-order valence-electron chi connectivity index (χ1n) is 9.09. The van der Waals surface area contributed by atoms with Crippen LogP contribution in [0.2, 0.25) is 0 Å². The molecule has 2 aromatic heterocycles. The quantitative estimate of drug-likeness (QED) is 0.518. The number of amides is 2. The molecule has 2 amide bonds. The van der Waals surface area contributed by atoms with E-state index in [0.717, 1.165) is 16.9 Å². The summed E-state index contributed by atoms with van der Waals surface area (Å²) >= 11 is 1.49. The molecule has 3 rings (SSSR count). The van der Waals surface area contributed by atoms with Crippen molar-refractivity contribution in [3.8, 4) is 0 Å². The minimum absolute atomic E-state index is 0.0426. The third kappa shape index (κ3) is 4.95. The van der Waals surface area contributed by atoms with Gasteiger partial charge in [-0.1, -0.05) is 26.0 Å². The fraction of sp³-hybridized carbons (Fsp3) is 0.350. The Bertz CT molecular complexity index is 869. The number of carbonyl (C=O) groups is 2. The molecule has 0 aliphatic heterocycles. The Morgan fingerprint density at radius 1 is 1.22 bits per heavy atom. The summed E-state index contributed by atoms with van der Waals surface area (Å²) in [5.74, 6) is 0.830. The molecule has 0 aliphatic carbocycles. The molecule has 0 saturated carbocycles. The first-order valence-corrected chi connectivity index (χ1v) is 10.0. The number of benzene rings is 1. The number of hydrogen-bond donors (Lipinski definition) is 3. The van der Waals surface area contributed by atoms with Crippen LogP contribution in [-0.4, -0.2) is 28.3 Å². The van der Waals surface area contributed by atoms with E-state index in [1.165, 1.54) is 11.3 Å². The van der Waals surface area contributed by atoms with Gasteiger partial charge in [-0.05, 0) is 35.9 Å². The maximum atomic E-state index is 12.4. The van der Waals surface area contributed by atoms with E-state index >= 15 is 0 Å². The molecule has 0 aliphatic rings. The van der Waals surface area contributed by atoms with Crippen molar-refractivity contribution in [3.63, 3.8) is 0 Å². The van der Waals surface area contributed by atoms with Crippen LogP contribution in [0.25, 0.3) is 11.0 Å². The lowest BCUT2D eigenvalue weighted by atomic mass is 10.0. The van der Waals surface area contributed by atoms with Gasteiger partial charge in [0, 0.05) is 23.9 Å². The summed E-state index contributed by atoms with van der Waals surface area (Å²) < 4.78 is 0. The van der Waals surface area contributed by atoms with Crippen LogP contribution < -0.4 is 10.6 Å². The summed E-state index contributed by atoms with van der Waals surface area (Å²) in [6.07, 6.45) is 0.944. The van der Waals surface area contributed by atoms with Crippen LogP contribution in [0.4, 0.5) is 0 Å². The zero-order valence-electron chi connectivity index (χ0n) is 15.5. The third-order valence-electron chi connectivity index (χ3n) is 4.33. The fourth-order valence-corrected chi connectivity index (χ4v) is 3.50. The number of thiophene rings is 1. The summed E-state index contributed by atoms with van der Waals surface area (Å²) in [5, 5.41) is 9.58. The molecule has 142 valence electrons. The van der Waals surface area contributed by atoms with Crippen molar-refractivity contribution in [3.05, 3.63) is 52.5 Å². The number of aromatic amines is 1. The Morgan fingerprint density at radius 2 is 2.04 bits per heavy atom. The van der Waals surface area contributed by atoms with Crippen LogP contribution in [0.5, 0.6) is 0 Å². The molecule has 7 heteroatoms. The monoisotopic (exact) mass is 384 g/mol. The second-order valence-corrected chi connectivity index (χ2v) is 7.58. The number of carbonyl (C=O) groups excluding carboxylic acids is 2. The van der Waals surface area contributed by atoms with Gasteiger partial charge in [-0.25, -0.2) is 4.98 Å². The predicted octanol–water partition coefficient (Wildman–Crippen LogP) is 3.65. The molecular formula is C20H24N4O2S. The van der Waals surface area contributed by atoms with E-state index in [1.54, 1.807) is 6.07 Å². The van der Waals surface area contributed by atoms with E-state index in [9.17, 15) is 9.59 Å². The first kappa shape index (κ1) is 19.1. The molecule has 6 nitrogen and oxygen atoms in total. The van der Waals surface area contributed by atoms with E-state index in [4.69, 9.17) is 0 Å². The highest BCUT2D eigenvalue weighted by Gasteiger charge is 2.21. The van der Waals surface area contributed by atoms with Crippen LogP contribution in [0.15, 0.2) is 41.1 Å². The lowest BCUT2D eigenvalue weighted by molar-refractivity contribution is -0.122. The second-order valence-electron chi connectivity index (χ2n) is 6.80. The fourth-order valence-electron chi connectivity index (χ4n) is 2.86. The van der Waals surface area contributed by atoms with E-state index in [1.807, 2.05) is 35.0 Å². The molecule has 2 heterocycles. The maximum Gasteiger partial charge on any atom is 0.252 e. The molecule has 0 bridgehead atoms. The SMILES string of the molecule is CC(C)[C@@H](NC(=O)CCCNC(=O)c1ccsc1)c1nc2ccccc2[nH]1. The van der Waals surface area contributed by atoms with Crippen LogP contribution in [0.1, 0.15) is 48.9 Å². The Hall–Kier alpha value is -2.67. The number of aromatic nitrogens is 2. The summed E-state index contributed by atoms with van der Waals surface area (Å²) in [6, 6.07) is 9.43. The lowest BCUT2D eigenvalue weighted by Gasteiger charge is -2.20. The third-order valence-corrected chi connectivity index (χ3v) is 5.02. The van der Waals surface area contributed by atoms with Gasteiger partial charge in [0.05, 0.1) is 17.1 Å². The summed E-state index contributed by atoms with van der Waals surface area (Å²) in [6.45, 7) is 4.58. The zero-order valence-corrected chi connectivity index (χ0v) is 16.3. The van der Waals surface area contributed by atoms with Crippen LogP contribution >= 0.6 is 11.3 Å². The summed E-state index contributed by atoms with van der Waals surface area (Å²) in [7, 11) is 0. The van der Waals surface area contributed by atoms with Gasteiger partial charge in [-0.2, -0.15) is 11.3 Å². The Labute approximate surface area is 162 Å². The largest absolute Gasteiger partial charge is 0.352 e. The van der Waals surface area contributed by atoms with Crippen LogP contribution in [0.3, 0.4) is 0 Å².